The predicted molar refractivity (Wildman–Crippen MR) is 80.1 cm³/mol. The van der Waals surface area contributed by atoms with E-state index in [2.05, 4.69) is 65.8 Å². The van der Waals surface area contributed by atoms with Gasteiger partial charge in [0.1, 0.15) is 0 Å². The van der Waals surface area contributed by atoms with E-state index in [1.165, 1.54) is 0 Å². The molecule has 0 aliphatic heterocycles. The van der Waals surface area contributed by atoms with Crippen LogP contribution < -0.4 is 0 Å². The van der Waals surface area contributed by atoms with Gasteiger partial charge in [0.2, 0.25) is 0 Å². The first-order valence-electron chi connectivity index (χ1n) is 7.29. The minimum Gasteiger partial charge on any atom is -0.0810 e. The molecule has 0 atom stereocenters. The summed E-state index contributed by atoms with van der Waals surface area (Å²) in [6, 6.07) is 0. The van der Waals surface area contributed by atoms with Crippen LogP contribution in [0.15, 0.2) is 24.3 Å². The van der Waals surface area contributed by atoms with Crippen LogP contribution in [0.2, 0.25) is 22.2 Å². The van der Waals surface area contributed by atoms with Gasteiger partial charge in [-0.25, -0.2) is 0 Å². The van der Waals surface area contributed by atoms with Gasteiger partial charge in [0.05, 0.1) is 8.07 Å². The maximum atomic E-state index is 2.49. The fourth-order valence-electron chi connectivity index (χ4n) is 5.20. The zero-order chi connectivity index (χ0) is 12.8. The second kappa shape index (κ2) is 4.42. The van der Waals surface area contributed by atoms with Crippen LogP contribution in [-0.2, 0) is 0 Å². The Labute approximate surface area is 108 Å². The minimum atomic E-state index is -1.28. The highest BCUT2D eigenvalue weighted by Crippen LogP contribution is 2.60. The third-order valence-electron chi connectivity index (χ3n) is 5.52. The maximum Gasteiger partial charge on any atom is 0.0661 e. The van der Waals surface area contributed by atoms with Crippen LogP contribution in [-0.4, -0.2) is 8.07 Å². The fraction of sp³-hybridized carbons (Fsp3) is 0.750. The molecule has 96 valence electrons. The first kappa shape index (κ1) is 13.1. The molecule has 0 aromatic carbocycles. The number of rotatable bonds is 4. The molecule has 0 radical (unpaired) electrons. The average Bonchev–Trinajstić information content (AvgIpc) is 2.78. The lowest BCUT2D eigenvalue weighted by atomic mass is 10.1. The summed E-state index contributed by atoms with van der Waals surface area (Å²) >= 11 is 0. The number of fused-ring (bicyclic) bond motifs is 2. The SMILES string of the molecule is CC(C)[Si](C(C)C)(C(C)C)C1C2C=CC1C=C2. The van der Waals surface area contributed by atoms with E-state index in [4.69, 9.17) is 0 Å². The van der Waals surface area contributed by atoms with Crippen LogP contribution in [0.25, 0.3) is 0 Å². The van der Waals surface area contributed by atoms with Crippen molar-refractivity contribution in [3.8, 4) is 0 Å². The van der Waals surface area contributed by atoms with Gasteiger partial charge < -0.3 is 0 Å². The summed E-state index contributed by atoms with van der Waals surface area (Å²) in [6.07, 6.45) is 9.91. The Kier molecular flexibility index (Phi) is 3.42. The first-order chi connectivity index (χ1) is 7.92. The van der Waals surface area contributed by atoms with Crippen LogP contribution in [0.5, 0.6) is 0 Å². The van der Waals surface area contributed by atoms with Crippen LogP contribution in [0, 0.1) is 11.8 Å². The molecule has 0 spiro atoms. The summed E-state index contributed by atoms with van der Waals surface area (Å²) in [7, 11) is -1.28. The minimum absolute atomic E-state index is 0.763. The van der Waals surface area contributed by atoms with Crippen molar-refractivity contribution in [1.29, 1.82) is 0 Å². The standard InChI is InChI=1S/C16H28Si/c1-11(2)17(12(3)4,13(5)6)16-14-7-8-15(16)10-9-14/h7-16H,1-6H3. The van der Waals surface area contributed by atoms with Gasteiger partial charge in [0.25, 0.3) is 0 Å². The van der Waals surface area contributed by atoms with Gasteiger partial charge in [-0.2, -0.15) is 0 Å². The lowest BCUT2D eigenvalue weighted by Crippen LogP contribution is -2.50. The zero-order valence-electron chi connectivity index (χ0n) is 12.3. The molecule has 17 heavy (non-hydrogen) atoms. The molecule has 0 aromatic rings. The van der Waals surface area contributed by atoms with Gasteiger partial charge in [0, 0.05) is 0 Å². The Hall–Kier alpha value is -0.303. The second-order valence-corrected chi connectivity index (χ2v) is 13.0. The van der Waals surface area contributed by atoms with Gasteiger partial charge in [-0.15, -0.1) is 0 Å². The quantitative estimate of drug-likeness (QED) is 0.461. The second-order valence-electron chi connectivity index (χ2n) is 6.91. The molecular weight excluding hydrogens is 220 g/mol. The van der Waals surface area contributed by atoms with Gasteiger partial charge in [-0.1, -0.05) is 82.5 Å². The normalized spacial score (nSPS) is 31.5. The third-order valence-corrected chi connectivity index (χ3v) is 13.4. The van der Waals surface area contributed by atoms with Crippen LogP contribution in [0.4, 0.5) is 0 Å². The third kappa shape index (κ3) is 1.69. The molecule has 2 bridgehead atoms. The maximum absolute atomic E-state index is 2.49. The Morgan fingerprint density at radius 1 is 0.647 bits per heavy atom. The smallest absolute Gasteiger partial charge is 0.0661 e. The molecule has 2 rings (SSSR count). The molecule has 0 nitrogen and oxygen atoms in total. The molecule has 0 aromatic heterocycles. The Balaban J connectivity index is 2.41. The molecule has 0 saturated carbocycles. The number of hydrogen-bond donors (Lipinski definition) is 0. The van der Waals surface area contributed by atoms with E-state index in [9.17, 15) is 0 Å². The number of allylic oxidation sites excluding steroid dienone is 4. The van der Waals surface area contributed by atoms with Crippen molar-refractivity contribution in [2.75, 3.05) is 0 Å². The molecule has 0 N–H and O–H groups in total. The van der Waals surface area contributed by atoms with E-state index >= 15 is 0 Å². The highest BCUT2D eigenvalue weighted by Gasteiger charge is 2.55. The Morgan fingerprint density at radius 3 is 1.18 bits per heavy atom. The fourth-order valence-corrected chi connectivity index (χ4v) is 13.3. The van der Waals surface area contributed by atoms with E-state index in [0.29, 0.717) is 0 Å². The molecule has 2 aliphatic carbocycles. The van der Waals surface area contributed by atoms with Gasteiger partial charge in [-0.05, 0) is 17.4 Å². The van der Waals surface area contributed by atoms with E-state index in [-0.39, 0.29) is 0 Å². The van der Waals surface area contributed by atoms with Crippen LogP contribution in [0.1, 0.15) is 41.5 Å². The Bertz CT molecular complexity index is 284. The van der Waals surface area contributed by atoms with Gasteiger partial charge in [0.15, 0.2) is 0 Å². The number of hydrogen-bond acceptors (Lipinski definition) is 0. The molecule has 0 unspecified atom stereocenters. The van der Waals surface area contributed by atoms with Crippen molar-refractivity contribution in [3.63, 3.8) is 0 Å². The molecule has 0 amide bonds. The molecule has 1 heteroatoms. The van der Waals surface area contributed by atoms with Crippen molar-refractivity contribution in [2.24, 2.45) is 11.8 Å². The highest BCUT2D eigenvalue weighted by atomic mass is 28.3. The summed E-state index contributed by atoms with van der Waals surface area (Å²) in [5.41, 5.74) is 3.61. The molecule has 0 saturated heterocycles. The van der Waals surface area contributed by atoms with Gasteiger partial charge >= 0.3 is 0 Å². The topological polar surface area (TPSA) is 0 Å². The molecular formula is C16H28Si. The molecule has 2 aliphatic rings. The van der Waals surface area contributed by atoms with Crippen LogP contribution >= 0.6 is 0 Å². The summed E-state index contributed by atoms with van der Waals surface area (Å²) in [5, 5.41) is 0. The summed E-state index contributed by atoms with van der Waals surface area (Å²) in [6.45, 7) is 14.9. The van der Waals surface area contributed by atoms with E-state index < -0.39 is 8.07 Å². The Morgan fingerprint density at radius 2 is 0.941 bits per heavy atom. The lowest BCUT2D eigenvalue weighted by Gasteiger charge is -2.50. The zero-order valence-corrected chi connectivity index (χ0v) is 13.3. The summed E-state index contributed by atoms with van der Waals surface area (Å²) in [4.78, 5) is 0. The van der Waals surface area contributed by atoms with E-state index in [1.807, 2.05) is 0 Å². The van der Waals surface area contributed by atoms with Crippen LogP contribution in [0.3, 0.4) is 0 Å². The van der Waals surface area contributed by atoms with Gasteiger partial charge in [-0.3, -0.25) is 0 Å². The average molecular weight is 248 g/mol. The summed E-state index contributed by atoms with van der Waals surface area (Å²) < 4.78 is 0. The van der Waals surface area contributed by atoms with E-state index in [1.54, 1.807) is 0 Å². The first-order valence-corrected chi connectivity index (χ1v) is 9.59. The monoisotopic (exact) mass is 248 g/mol. The lowest BCUT2D eigenvalue weighted by molar-refractivity contribution is 0.627. The van der Waals surface area contributed by atoms with Crippen molar-refractivity contribution in [1.82, 2.24) is 0 Å². The van der Waals surface area contributed by atoms with E-state index in [0.717, 1.165) is 34.0 Å². The van der Waals surface area contributed by atoms with Crippen molar-refractivity contribution < 1.29 is 0 Å². The molecule has 0 heterocycles. The molecule has 0 fully saturated rings. The predicted octanol–water partition coefficient (Wildman–Crippen LogP) is 5.41. The van der Waals surface area contributed by atoms with Crippen molar-refractivity contribution in [3.05, 3.63) is 24.3 Å². The highest BCUT2D eigenvalue weighted by molar-refractivity contribution is 6.85. The van der Waals surface area contributed by atoms with Crippen molar-refractivity contribution in [2.45, 2.75) is 63.7 Å². The largest absolute Gasteiger partial charge is 0.0810 e. The van der Waals surface area contributed by atoms with Crippen molar-refractivity contribution >= 4 is 8.07 Å². The summed E-state index contributed by atoms with van der Waals surface area (Å²) in [5.74, 6) is 1.53.